The molecule has 0 radical (unpaired) electrons. The number of guanidine groups is 1. The smallest absolute Gasteiger partial charge is 0.214 e. The molecule has 0 saturated carbocycles. The third kappa shape index (κ3) is 5.68. The fourth-order valence-electron chi connectivity index (χ4n) is 3.51. The minimum atomic E-state index is 0.112. The molecule has 1 aliphatic rings. The molecule has 1 aliphatic heterocycles. The van der Waals surface area contributed by atoms with Crippen molar-refractivity contribution in [1.29, 1.82) is 0 Å². The van der Waals surface area contributed by atoms with Crippen LogP contribution in [-0.4, -0.2) is 37.3 Å². The Hall–Kier alpha value is -3.32. The number of ether oxygens (including phenoxy) is 2. The number of hydrogen-bond donors (Lipinski definition) is 2. The molecular weight excluding hydrogens is 404 g/mol. The highest BCUT2D eigenvalue weighted by atomic mass is 16.5. The second-order valence-corrected chi connectivity index (χ2v) is 7.98. The molecule has 0 bridgehead atoms. The highest BCUT2D eigenvalue weighted by Crippen LogP contribution is 2.24. The molecule has 7 heteroatoms. The van der Waals surface area contributed by atoms with Gasteiger partial charge in [0.15, 0.2) is 11.7 Å². The van der Waals surface area contributed by atoms with E-state index in [1.807, 2.05) is 12.1 Å². The molecule has 2 heterocycles. The first-order valence-electron chi connectivity index (χ1n) is 10.9. The summed E-state index contributed by atoms with van der Waals surface area (Å²) in [6.45, 7) is 6.55. The fourth-order valence-corrected chi connectivity index (χ4v) is 3.51. The lowest BCUT2D eigenvalue weighted by Gasteiger charge is -2.17. The summed E-state index contributed by atoms with van der Waals surface area (Å²) in [6, 6.07) is 14.4. The topological polar surface area (TPSA) is 80.9 Å². The Bertz CT molecular complexity index is 1050. The number of aliphatic imine (C=N–C) groups is 1. The molecule has 2 N–H and O–H groups in total. The molecule has 0 spiro atoms. The molecule has 0 aliphatic carbocycles. The Kier molecular flexibility index (Phi) is 7.07. The molecule has 1 unspecified atom stereocenters. The van der Waals surface area contributed by atoms with Gasteiger partial charge in [-0.25, -0.2) is 4.98 Å². The molecule has 4 rings (SSSR count). The maximum absolute atomic E-state index is 6.18. The van der Waals surface area contributed by atoms with Crippen molar-refractivity contribution in [3.8, 4) is 17.1 Å². The van der Waals surface area contributed by atoms with Gasteiger partial charge >= 0.3 is 0 Å². The van der Waals surface area contributed by atoms with Crippen LogP contribution in [0.25, 0.3) is 11.3 Å². The van der Waals surface area contributed by atoms with Crippen molar-refractivity contribution in [2.45, 2.75) is 39.5 Å². The van der Waals surface area contributed by atoms with E-state index in [9.17, 15) is 0 Å². The SMILES string of the molecule is CN=C(NCc1ncc(-c2ccc(C)cc2)o1)NCc1ccc(C)cc1OC1CCOC1. The number of aryl methyl sites for hydroxylation is 2. The summed E-state index contributed by atoms with van der Waals surface area (Å²) in [5, 5.41) is 6.60. The zero-order chi connectivity index (χ0) is 22.3. The predicted octanol–water partition coefficient (Wildman–Crippen LogP) is 3.99. The highest BCUT2D eigenvalue weighted by Gasteiger charge is 2.19. The van der Waals surface area contributed by atoms with Gasteiger partial charge in [0.25, 0.3) is 0 Å². The highest BCUT2D eigenvalue weighted by molar-refractivity contribution is 5.79. The predicted molar refractivity (Wildman–Crippen MR) is 125 cm³/mol. The Balaban J connectivity index is 1.33. The molecular formula is C25H30N4O3. The van der Waals surface area contributed by atoms with E-state index in [1.165, 1.54) is 11.1 Å². The van der Waals surface area contributed by atoms with Crippen LogP contribution in [0.15, 0.2) is 58.1 Å². The minimum absolute atomic E-state index is 0.112. The Morgan fingerprint density at radius 1 is 1.09 bits per heavy atom. The summed E-state index contributed by atoms with van der Waals surface area (Å²) < 4.78 is 17.5. The van der Waals surface area contributed by atoms with Gasteiger partial charge in [0.05, 0.1) is 26.0 Å². The molecule has 168 valence electrons. The fraction of sp³-hybridized carbons (Fsp3) is 0.360. The maximum Gasteiger partial charge on any atom is 0.214 e. The molecule has 1 fully saturated rings. The van der Waals surface area contributed by atoms with E-state index in [1.54, 1.807) is 13.2 Å². The molecule has 1 atom stereocenters. The number of nitrogens with zero attached hydrogens (tertiary/aromatic N) is 2. The first kappa shape index (κ1) is 21.9. The van der Waals surface area contributed by atoms with Crippen LogP contribution in [0.2, 0.25) is 0 Å². The van der Waals surface area contributed by atoms with Crippen LogP contribution in [0.4, 0.5) is 0 Å². The quantitative estimate of drug-likeness (QED) is 0.432. The number of nitrogens with one attached hydrogen (secondary N) is 2. The zero-order valence-corrected chi connectivity index (χ0v) is 18.9. The lowest BCUT2D eigenvalue weighted by Crippen LogP contribution is -2.36. The van der Waals surface area contributed by atoms with Gasteiger partial charge in [0.2, 0.25) is 5.89 Å². The molecule has 32 heavy (non-hydrogen) atoms. The van der Waals surface area contributed by atoms with Crippen molar-refractivity contribution in [3.63, 3.8) is 0 Å². The van der Waals surface area contributed by atoms with Crippen LogP contribution in [0.5, 0.6) is 5.75 Å². The van der Waals surface area contributed by atoms with Gasteiger partial charge in [0, 0.05) is 31.1 Å². The number of hydrogen-bond acceptors (Lipinski definition) is 5. The molecule has 7 nitrogen and oxygen atoms in total. The van der Waals surface area contributed by atoms with Crippen molar-refractivity contribution in [2.24, 2.45) is 4.99 Å². The van der Waals surface area contributed by atoms with E-state index in [2.05, 4.69) is 64.8 Å². The standard InChI is InChI=1S/C25H30N4O3/c1-17-4-7-19(8-5-17)23-14-27-24(32-23)15-29-25(26-3)28-13-20-9-6-18(2)12-22(20)31-21-10-11-30-16-21/h4-9,12,14,21H,10-11,13,15-16H2,1-3H3,(H2,26,28,29). The second-order valence-electron chi connectivity index (χ2n) is 7.98. The third-order valence-electron chi connectivity index (χ3n) is 5.37. The molecule has 2 aromatic carbocycles. The van der Waals surface area contributed by atoms with Crippen molar-refractivity contribution in [1.82, 2.24) is 15.6 Å². The summed E-state index contributed by atoms with van der Waals surface area (Å²) in [5.41, 5.74) is 4.46. The molecule has 3 aromatic rings. The average Bonchev–Trinajstić information content (AvgIpc) is 3.48. The van der Waals surface area contributed by atoms with Crippen LogP contribution < -0.4 is 15.4 Å². The van der Waals surface area contributed by atoms with E-state index in [-0.39, 0.29) is 6.10 Å². The van der Waals surface area contributed by atoms with Crippen molar-refractivity contribution in [3.05, 3.63) is 71.2 Å². The summed E-state index contributed by atoms with van der Waals surface area (Å²) in [5.74, 6) is 2.90. The van der Waals surface area contributed by atoms with Gasteiger partial charge in [-0.05, 0) is 25.5 Å². The van der Waals surface area contributed by atoms with Crippen molar-refractivity contribution >= 4 is 5.96 Å². The maximum atomic E-state index is 6.18. The van der Waals surface area contributed by atoms with Gasteiger partial charge in [-0.1, -0.05) is 42.0 Å². The summed E-state index contributed by atoms with van der Waals surface area (Å²) >= 11 is 0. The number of benzene rings is 2. The summed E-state index contributed by atoms with van der Waals surface area (Å²) in [6.07, 6.45) is 2.78. The lowest BCUT2D eigenvalue weighted by atomic mass is 10.1. The normalized spacial score (nSPS) is 16.2. The van der Waals surface area contributed by atoms with Crippen LogP contribution in [0, 0.1) is 13.8 Å². The van der Waals surface area contributed by atoms with Gasteiger partial charge in [0.1, 0.15) is 11.9 Å². The van der Waals surface area contributed by atoms with Crippen LogP contribution in [0.3, 0.4) is 0 Å². The zero-order valence-electron chi connectivity index (χ0n) is 18.9. The van der Waals surface area contributed by atoms with Gasteiger partial charge in [-0.3, -0.25) is 4.99 Å². The second kappa shape index (κ2) is 10.3. The molecule has 0 amide bonds. The van der Waals surface area contributed by atoms with Crippen LogP contribution in [0.1, 0.15) is 29.0 Å². The van der Waals surface area contributed by atoms with Gasteiger partial charge < -0.3 is 24.5 Å². The summed E-state index contributed by atoms with van der Waals surface area (Å²) in [7, 11) is 1.74. The van der Waals surface area contributed by atoms with E-state index in [0.29, 0.717) is 31.5 Å². The number of rotatable bonds is 7. The van der Waals surface area contributed by atoms with Crippen molar-refractivity contribution in [2.75, 3.05) is 20.3 Å². The van der Waals surface area contributed by atoms with Crippen LogP contribution in [-0.2, 0) is 17.8 Å². The van der Waals surface area contributed by atoms with E-state index < -0.39 is 0 Å². The first-order valence-corrected chi connectivity index (χ1v) is 10.9. The third-order valence-corrected chi connectivity index (χ3v) is 5.37. The monoisotopic (exact) mass is 434 g/mol. The number of oxazole rings is 1. The van der Waals surface area contributed by atoms with Crippen molar-refractivity contribution < 1.29 is 13.9 Å². The minimum Gasteiger partial charge on any atom is -0.488 e. The summed E-state index contributed by atoms with van der Waals surface area (Å²) in [4.78, 5) is 8.68. The van der Waals surface area contributed by atoms with Gasteiger partial charge in [-0.2, -0.15) is 0 Å². The average molecular weight is 435 g/mol. The van der Waals surface area contributed by atoms with Gasteiger partial charge in [-0.15, -0.1) is 0 Å². The Labute approximate surface area is 188 Å². The van der Waals surface area contributed by atoms with E-state index in [0.717, 1.165) is 35.7 Å². The van der Waals surface area contributed by atoms with E-state index in [4.69, 9.17) is 13.9 Å². The number of aromatic nitrogens is 1. The lowest BCUT2D eigenvalue weighted by molar-refractivity contribution is 0.140. The Morgan fingerprint density at radius 2 is 1.88 bits per heavy atom. The van der Waals surface area contributed by atoms with E-state index >= 15 is 0 Å². The first-order chi connectivity index (χ1) is 15.6. The Morgan fingerprint density at radius 3 is 2.62 bits per heavy atom. The molecule has 1 aromatic heterocycles. The van der Waals surface area contributed by atoms with Crippen LogP contribution >= 0.6 is 0 Å². The molecule has 1 saturated heterocycles. The largest absolute Gasteiger partial charge is 0.488 e.